The minimum atomic E-state index is 0.472. The van der Waals surface area contributed by atoms with Gasteiger partial charge in [0.15, 0.2) is 0 Å². The molecule has 3 heterocycles. The Balaban J connectivity index is 1.58. The normalized spacial score (nSPS) is 26.9. The van der Waals surface area contributed by atoms with Crippen molar-refractivity contribution in [2.75, 3.05) is 40.0 Å². The van der Waals surface area contributed by atoms with Crippen LogP contribution in [0.4, 0.5) is 0 Å². The van der Waals surface area contributed by atoms with Crippen LogP contribution in [0.5, 0.6) is 0 Å². The Morgan fingerprint density at radius 2 is 2.25 bits per heavy atom. The van der Waals surface area contributed by atoms with Crippen LogP contribution in [-0.4, -0.2) is 44.9 Å². The molecule has 2 saturated heterocycles. The number of methoxy groups -OCH3 is 1. The van der Waals surface area contributed by atoms with Crippen molar-refractivity contribution in [3.8, 4) is 0 Å². The van der Waals surface area contributed by atoms with E-state index in [0.717, 1.165) is 26.4 Å². The molecule has 1 aromatic rings. The highest BCUT2D eigenvalue weighted by atomic mass is 32.1. The molecule has 112 valence electrons. The van der Waals surface area contributed by atoms with Gasteiger partial charge in [-0.2, -0.15) is 0 Å². The second kappa shape index (κ2) is 6.56. The van der Waals surface area contributed by atoms with E-state index >= 15 is 0 Å². The summed E-state index contributed by atoms with van der Waals surface area (Å²) < 4.78 is 11.1. The predicted octanol–water partition coefficient (Wildman–Crippen LogP) is 3.01. The molecule has 4 heteroatoms. The van der Waals surface area contributed by atoms with Crippen LogP contribution in [0, 0.1) is 11.3 Å². The quantitative estimate of drug-likeness (QED) is 0.852. The van der Waals surface area contributed by atoms with Crippen molar-refractivity contribution in [3.63, 3.8) is 0 Å². The topological polar surface area (TPSA) is 21.7 Å². The Labute approximate surface area is 125 Å². The summed E-state index contributed by atoms with van der Waals surface area (Å²) in [6, 6.07) is 4.40. The van der Waals surface area contributed by atoms with Crippen molar-refractivity contribution >= 4 is 11.3 Å². The fraction of sp³-hybridized carbons (Fsp3) is 0.750. The molecular formula is C16H25NO2S. The summed E-state index contributed by atoms with van der Waals surface area (Å²) in [4.78, 5) is 4.09. The molecule has 0 unspecified atom stereocenters. The van der Waals surface area contributed by atoms with Gasteiger partial charge in [0, 0.05) is 31.1 Å². The van der Waals surface area contributed by atoms with Gasteiger partial charge in [0.05, 0.1) is 13.2 Å². The molecule has 0 aliphatic carbocycles. The summed E-state index contributed by atoms with van der Waals surface area (Å²) in [5.41, 5.74) is 0.472. The first kappa shape index (κ1) is 14.5. The smallest absolute Gasteiger partial charge is 0.0521 e. The molecule has 20 heavy (non-hydrogen) atoms. The molecular weight excluding hydrogens is 270 g/mol. The van der Waals surface area contributed by atoms with E-state index in [9.17, 15) is 0 Å². The Kier molecular flexibility index (Phi) is 4.76. The highest BCUT2D eigenvalue weighted by molar-refractivity contribution is 7.09. The van der Waals surface area contributed by atoms with Gasteiger partial charge in [0.25, 0.3) is 0 Å². The third-order valence-corrected chi connectivity index (χ3v) is 5.97. The van der Waals surface area contributed by atoms with Gasteiger partial charge in [-0.05, 0) is 49.2 Å². The van der Waals surface area contributed by atoms with Gasteiger partial charge in [0.2, 0.25) is 0 Å². The summed E-state index contributed by atoms with van der Waals surface area (Å²) in [5, 5.41) is 2.17. The third-order valence-electron chi connectivity index (χ3n) is 5.11. The van der Waals surface area contributed by atoms with E-state index in [0.29, 0.717) is 11.3 Å². The van der Waals surface area contributed by atoms with Crippen LogP contribution in [0.15, 0.2) is 17.5 Å². The fourth-order valence-corrected chi connectivity index (χ4v) is 4.49. The number of hydrogen-bond acceptors (Lipinski definition) is 4. The van der Waals surface area contributed by atoms with Gasteiger partial charge in [-0.3, -0.25) is 4.90 Å². The maximum absolute atomic E-state index is 5.68. The summed E-state index contributed by atoms with van der Waals surface area (Å²) in [5.74, 6) is 0.588. The van der Waals surface area contributed by atoms with Crippen molar-refractivity contribution < 1.29 is 9.47 Å². The molecule has 1 spiro atoms. The highest BCUT2D eigenvalue weighted by Crippen LogP contribution is 2.45. The minimum absolute atomic E-state index is 0.472. The molecule has 3 rings (SSSR count). The summed E-state index contributed by atoms with van der Waals surface area (Å²) in [6.07, 6.45) is 3.82. The fourth-order valence-electron chi connectivity index (χ4n) is 3.75. The van der Waals surface area contributed by atoms with Crippen LogP contribution in [-0.2, 0) is 16.0 Å². The second-order valence-corrected chi connectivity index (χ2v) is 7.23. The maximum atomic E-state index is 5.68. The van der Waals surface area contributed by atoms with Crippen LogP contribution in [0.2, 0.25) is 0 Å². The van der Waals surface area contributed by atoms with Gasteiger partial charge < -0.3 is 9.47 Å². The molecule has 2 fully saturated rings. The Hall–Kier alpha value is -0.420. The van der Waals surface area contributed by atoms with Crippen LogP contribution < -0.4 is 0 Å². The lowest BCUT2D eigenvalue weighted by atomic mass is 9.66. The molecule has 0 N–H and O–H groups in total. The van der Waals surface area contributed by atoms with E-state index in [1.165, 1.54) is 37.2 Å². The van der Waals surface area contributed by atoms with Gasteiger partial charge in [-0.15, -0.1) is 11.3 Å². The number of nitrogens with zero attached hydrogens (tertiary/aromatic N) is 1. The first-order valence-corrected chi connectivity index (χ1v) is 8.52. The molecule has 0 saturated carbocycles. The predicted molar refractivity (Wildman–Crippen MR) is 82.1 cm³/mol. The number of rotatable bonds is 4. The first-order valence-electron chi connectivity index (χ1n) is 7.64. The van der Waals surface area contributed by atoms with E-state index in [4.69, 9.17) is 9.47 Å². The zero-order valence-electron chi connectivity index (χ0n) is 12.3. The van der Waals surface area contributed by atoms with Crippen LogP contribution in [0.25, 0.3) is 0 Å². The average molecular weight is 295 g/mol. The lowest BCUT2D eigenvalue weighted by Gasteiger charge is -2.48. The van der Waals surface area contributed by atoms with E-state index in [2.05, 4.69) is 22.4 Å². The van der Waals surface area contributed by atoms with E-state index in [1.807, 2.05) is 18.4 Å². The third kappa shape index (κ3) is 3.08. The largest absolute Gasteiger partial charge is 0.384 e. The second-order valence-electron chi connectivity index (χ2n) is 6.20. The number of piperidine rings is 1. The van der Waals surface area contributed by atoms with E-state index in [1.54, 1.807) is 0 Å². The molecule has 0 radical (unpaired) electrons. The number of thiophene rings is 1. The van der Waals surface area contributed by atoms with Crippen LogP contribution in [0.1, 0.15) is 24.1 Å². The molecule has 2 aliphatic rings. The standard InChI is InChI=1S/C16H25NO2S/c1-18-12-14-13-19-9-6-16(14)4-7-17(8-5-16)11-15-3-2-10-20-15/h2-3,10,14H,4-9,11-13H2,1H3/t14-/m1/s1. The van der Waals surface area contributed by atoms with Crippen molar-refractivity contribution in [3.05, 3.63) is 22.4 Å². The zero-order chi connectivity index (χ0) is 13.8. The van der Waals surface area contributed by atoms with Crippen molar-refractivity contribution in [2.45, 2.75) is 25.8 Å². The molecule has 3 nitrogen and oxygen atoms in total. The highest BCUT2D eigenvalue weighted by Gasteiger charge is 2.43. The molecule has 1 atom stereocenters. The SMILES string of the molecule is COC[C@@H]1COCCC12CCN(Cc1cccs1)CC2. The number of ether oxygens (including phenoxy) is 2. The monoisotopic (exact) mass is 295 g/mol. The Morgan fingerprint density at radius 3 is 2.95 bits per heavy atom. The molecule has 1 aromatic heterocycles. The van der Waals surface area contributed by atoms with Gasteiger partial charge >= 0.3 is 0 Å². The van der Waals surface area contributed by atoms with Gasteiger partial charge in [0.1, 0.15) is 0 Å². The van der Waals surface area contributed by atoms with Crippen molar-refractivity contribution in [1.82, 2.24) is 4.90 Å². The average Bonchev–Trinajstić information content (AvgIpc) is 2.97. The summed E-state index contributed by atoms with van der Waals surface area (Å²) in [7, 11) is 1.81. The maximum Gasteiger partial charge on any atom is 0.0521 e. The molecule has 0 bridgehead atoms. The number of likely N-dealkylation sites (tertiary alicyclic amines) is 1. The van der Waals surface area contributed by atoms with Gasteiger partial charge in [-0.25, -0.2) is 0 Å². The number of hydrogen-bond donors (Lipinski definition) is 0. The molecule has 0 amide bonds. The summed E-state index contributed by atoms with van der Waals surface area (Å²) >= 11 is 1.87. The summed E-state index contributed by atoms with van der Waals surface area (Å²) in [6.45, 7) is 6.24. The molecule has 2 aliphatic heterocycles. The lowest BCUT2D eigenvalue weighted by molar-refractivity contribution is -0.0950. The van der Waals surface area contributed by atoms with Crippen molar-refractivity contribution in [2.24, 2.45) is 11.3 Å². The Morgan fingerprint density at radius 1 is 1.40 bits per heavy atom. The van der Waals surface area contributed by atoms with Crippen molar-refractivity contribution in [1.29, 1.82) is 0 Å². The lowest BCUT2D eigenvalue weighted by Crippen LogP contribution is -2.49. The Bertz CT molecular complexity index is 397. The first-order chi connectivity index (χ1) is 9.82. The van der Waals surface area contributed by atoms with Gasteiger partial charge in [-0.1, -0.05) is 6.07 Å². The zero-order valence-corrected chi connectivity index (χ0v) is 13.2. The molecule has 0 aromatic carbocycles. The van der Waals surface area contributed by atoms with E-state index < -0.39 is 0 Å². The van der Waals surface area contributed by atoms with Crippen LogP contribution >= 0.6 is 11.3 Å². The van der Waals surface area contributed by atoms with Crippen LogP contribution in [0.3, 0.4) is 0 Å². The minimum Gasteiger partial charge on any atom is -0.384 e. The van der Waals surface area contributed by atoms with E-state index in [-0.39, 0.29) is 0 Å².